The lowest BCUT2D eigenvalue weighted by Gasteiger charge is -2.16. The molecule has 0 spiro atoms. The number of benzene rings is 1. The van der Waals surface area contributed by atoms with E-state index in [0.29, 0.717) is 12.3 Å². The number of nitrogens with one attached hydrogen (secondary N) is 1. The van der Waals surface area contributed by atoms with Crippen molar-refractivity contribution < 1.29 is 9.13 Å². The average Bonchev–Trinajstić information content (AvgIpc) is 2.25. The van der Waals surface area contributed by atoms with E-state index in [4.69, 9.17) is 15.9 Å². The average molecular weight is 289 g/mol. The van der Waals surface area contributed by atoms with Crippen molar-refractivity contribution in [3.8, 4) is 5.75 Å². The normalized spacial score (nSPS) is 14.6. The minimum Gasteiger partial charge on any atom is -0.489 e. The topological polar surface area (TPSA) is 21.3 Å². The maximum absolute atomic E-state index is 13.4. The first-order valence-electron chi connectivity index (χ1n) is 5.92. The minimum atomic E-state index is -0.255. The van der Waals surface area contributed by atoms with Crippen molar-refractivity contribution in [3.63, 3.8) is 0 Å². The van der Waals surface area contributed by atoms with E-state index in [0.717, 1.165) is 5.56 Å². The molecule has 0 saturated carbocycles. The van der Waals surface area contributed by atoms with E-state index in [-0.39, 0.29) is 27.5 Å². The number of halogens is 1. The van der Waals surface area contributed by atoms with E-state index in [1.165, 1.54) is 6.07 Å². The van der Waals surface area contributed by atoms with Crippen molar-refractivity contribution in [2.45, 2.75) is 32.8 Å². The van der Waals surface area contributed by atoms with Crippen LogP contribution in [-0.2, 0) is 20.8 Å². The lowest BCUT2D eigenvalue weighted by atomic mass is 10.0. The second-order valence-corrected chi connectivity index (χ2v) is 7.30. The van der Waals surface area contributed by atoms with Gasteiger partial charge in [-0.2, -0.15) is 0 Å². The monoisotopic (exact) mass is 289 g/mol. The van der Waals surface area contributed by atoms with Gasteiger partial charge in [0.25, 0.3) is 0 Å². The Hall–Kier alpha value is -0.520. The molecule has 0 aromatic heterocycles. The molecule has 18 heavy (non-hydrogen) atoms. The van der Waals surface area contributed by atoms with Crippen molar-refractivity contribution in [1.29, 1.82) is 0 Å². The lowest BCUT2D eigenvalue weighted by Crippen LogP contribution is -2.29. The van der Waals surface area contributed by atoms with Crippen LogP contribution in [0.15, 0.2) is 18.2 Å². The fourth-order valence-electron chi connectivity index (χ4n) is 1.49. The summed E-state index contributed by atoms with van der Waals surface area (Å²) in [5, 5.41) is 0. The third-order valence-electron chi connectivity index (χ3n) is 2.47. The van der Waals surface area contributed by atoms with Crippen LogP contribution in [0.4, 0.5) is 4.39 Å². The summed E-state index contributed by atoms with van der Waals surface area (Å²) in [7, 11) is -0.231. The first kappa shape index (κ1) is 15.5. The molecule has 1 N–H and O–H groups in total. The highest BCUT2D eigenvalue weighted by atomic mass is 32.8. The third kappa shape index (κ3) is 5.42. The van der Waals surface area contributed by atoms with Gasteiger partial charge in [0.2, 0.25) is 0 Å². The van der Waals surface area contributed by atoms with Gasteiger partial charge < -0.3 is 4.74 Å². The molecule has 2 atom stereocenters. The molecule has 1 unspecified atom stereocenters. The molecule has 2 nitrogen and oxygen atoms in total. The molecular formula is C13H20FNOS2. The highest BCUT2D eigenvalue weighted by Crippen LogP contribution is 2.23. The molecule has 1 aromatic rings. The molecule has 1 rings (SSSR count). The smallest absolute Gasteiger partial charge is 0.127 e. The van der Waals surface area contributed by atoms with Crippen LogP contribution in [0.3, 0.4) is 0 Å². The van der Waals surface area contributed by atoms with Crippen molar-refractivity contribution in [3.05, 3.63) is 29.6 Å². The first-order valence-corrected chi connectivity index (χ1v) is 8.48. The Labute approximate surface area is 116 Å². The van der Waals surface area contributed by atoms with E-state index in [1.54, 1.807) is 6.07 Å². The van der Waals surface area contributed by atoms with Crippen LogP contribution in [0.1, 0.15) is 32.3 Å². The van der Waals surface area contributed by atoms with Gasteiger partial charge in [-0.3, -0.25) is 4.72 Å². The minimum absolute atomic E-state index is 0.0373. The van der Waals surface area contributed by atoms with E-state index in [2.05, 4.69) is 4.72 Å². The molecule has 5 heteroatoms. The Morgan fingerprint density at radius 3 is 2.56 bits per heavy atom. The zero-order valence-electron chi connectivity index (χ0n) is 11.2. The van der Waals surface area contributed by atoms with Gasteiger partial charge in [-0.15, -0.1) is 0 Å². The Morgan fingerprint density at radius 2 is 2.00 bits per heavy atom. The van der Waals surface area contributed by atoms with Crippen LogP contribution in [0.2, 0.25) is 0 Å². The first-order chi connectivity index (χ1) is 8.38. The Kier molecular flexibility index (Phi) is 6.18. The molecule has 0 saturated heterocycles. The fourth-order valence-corrected chi connectivity index (χ4v) is 2.17. The highest BCUT2D eigenvalue weighted by Gasteiger charge is 2.08. The van der Waals surface area contributed by atoms with Crippen LogP contribution >= 0.6 is 0 Å². The predicted molar refractivity (Wildman–Crippen MR) is 79.2 cm³/mol. The third-order valence-corrected chi connectivity index (χ3v) is 3.40. The molecular weight excluding hydrogens is 269 g/mol. The molecule has 0 aliphatic rings. The van der Waals surface area contributed by atoms with Gasteiger partial charge in [-0.1, -0.05) is 23.5 Å². The van der Waals surface area contributed by atoms with Crippen molar-refractivity contribution in [2.24, 2.45) is 0 Å². The highest BCUT2D eigenvalue weighted by molar-refractivity contribution is 8.27. The molecule has 0 fully saturated rings. The van der Waals surface area contributed by atoms with E-state index >= 15 is 0 Å². The van der Waals surface area contributed by atoms with Crippen LogP contribution < -0.4 is 9.46 Å². The molecule has 102 valence electrons. The van der Waals surface area contributed by atoms with Gasteiger partial charge in [-0.25, -0.2) is 4.39 Å². The largest absolute Gasteiger partial charge is 0.489 e. The number of hydrogen-bond acceptors (Lipinski definition) is 2. The van der Waals surface area contributed by atoms with Crippen LogP contribution in [0, 0.1) is 5.82 Å². The summed E-state index contributed by atoms with van der Waals surface area (Å²) < 4.78 is 22.3. The number of rotatable bonds is 6. The quantitative estimate of drug-likeness (QED) is 0.870. The summed E-state index contributed by atoms with van der Waals surface area (Å²) in [6.07, 6.45) is 1.89. The summed E-state index contributed by atoms with van der Waals surface area (Å²) in [6.45, 7) is 6.67. The molecule has 0 bridgehead atoms. The molecule has 0 heterocycles. The Morgan fingerprint density at radius 1 is 1.33 bits per heavy atom. The predicted octanol–water partition coefficient (Wildman–Crippen LogP) is 2.93. The van der Waals surface area contributed by atoms with Gasteiger partial charge in [0.1, 0.15) is 17.7 Å². The second kappa shape index (κ2) is 7.16. The maximum Gasteiger partial charge on any atom is 0.127 e. The van der Waals surface area contributed by atoms with E-state index < -0.39 is 0 Å². The summed E-state index contributed by atoms with van der Waals surface area (Å²) in [5.74, 6) is 0.605. The molecule has 0 amide bonds. The Bertz CT molecular complexity index is 423. The Balaban J connectivity index is 2.69. The van der Waals surface area contributed by atoms with Gasteiger partial charge in [0.15, 0.2) is 0 Å². The zero-order chi connectivity index (χ0) is 13.7. The lowest BCUT2D eigenvalue weighted by molar-refractivity contribution is 0.225. The van der Waals surface area contributed by atoms with Crippen molar-refractivity contribution in [2.75, 3.05) is 12.8 Å². The summed E-state index contributed by atoms with van der Waals surface area (Å²) in [5.41, 5.74) is 0.948. The van der Waals surface area contributed by atoms with Gasteiger partial charge >= 0.3 is 0 Å². The zero-order valence-corrected chi connectivity index (χ0v) is 12.8. The van der Waals surface area contributed by atoms with Crippen LogP contribution in [0.5, 0.6) is 5.75 Å². The van der Waals surface area contributed by atoms with Gasteiger partial charge in [0.05, 0.1) is 0 Å². The fraction of sp³-hybridized carbons (Fsp3) is 0.538. The van der Waals surface area contributed by atoms with Crippen LogP contribution in [-0.4, -0.2) is 18.9 Å². The molecule has 0 aliphatic heterocycles. The summed E-state index contributed by atoms with van der Waals surface area (Å²) in [4.78, 5) is 0. The van der Waals surface area contributed by atoms with Gasteiger partial charge in [0, 0.05) is 12.6 Å². The SMILES string of the molecule is CC(C)c1cc(F)cc(O[C@@H](C)CNS(C)=S)c1. The molecule has 1 aromatic carbocycles. The standard InChI is InChI=1S/C13H20FNOS2/c1-9(2)11-5-12(14)7-13(6-11)16-10(3)8-15-18(4)17/h5-7,9-10,15H,8H2,1-4H3/t10-,18?/m0/s1. The van der Waals surface area contributed by atoms with Crippen molar-refractivity contribution >= 4 is 20.8 Å². The number of hydrogen-bond donors (Lipinski definition) is 1. The molecule has 0 radical (unpaired) electrons. The van der Waals surface area contributed by atoms with Gasteiger partial charge in [-0.05, 0) is 48.0 Å². The van der Waals surface area contributed by atoms with E-state index in [1.807, 2.05) is 33.1 Å². The summed E-state index contributed by atoms with van der Waals surface area (Å²) >= 11 is 5.04. The number of ether oxygens (including phenoxy) is 1. The van der Waals surface area contributed by atoms with Crippen molar-refractivity contribution in [1.82, 2.24) is 4.72 Å². The second-order valence-electron chi connectivity index (χ2n) is 4.61. The molecule has 0 aliphatic carbocycles. The van der Waals surface area contributed by atoms with Crippen LogP contribution in [0.25, 0.3) is 0 Å². The van der Waals surface area contributed by atoms with E-state index in [9.17, 15) is 4.39 Å². The summed E-state index contributed by atoms with van der Waals surface area (Å²) in [6, 6.07) is 4.86. The maximum atomic E-state index is 13.4.